The smallest absolute Gasteiger partial charge is 0.282 e. The minimum Gasteiger partial charge on any atom is -0.488 e. The molecule has 3 rings (SSSR count). The largest absolute Gasteiger partial charge is 0.488 e. The number of hydrazone groups is 1. The van der Waals surface area contributed by atoms with E-state index in [0.717, 1.165) is 10.0 Å². The lowest BCUT2D eigenvalue weighted by atomic mass is 10.2. The van der Waals surface area contributed by atoms with Gasteiger partial charge in [0.1, 0.15) is 17.9 Å². The van der Waals surface area contributed by atoms with Crippen LogP contribution in [-0.4, -0.2) is 17.0 Å². The fraction of sp³-hybridized carbons (Fsp3) is 0.0476. The highest BCUT2D eigenvalue weighted by Gasteiger charge is 2.18. The lowest BCUT2D eigenvalue weighted by molar-refractivity contribution is -0.385. The first-order valence-corrected chi connectivity index (χ1v) is 9.37. The van der Waals surface area contributed by atoms with Gasteiger partial charge in [-0.1, -0.05) is 52.3 Å². The number of benzene rings is 3. The van der Waals surface area contributed by atoms with Crippen LogP contribution in [0.2, 0.25) is 0 Å². The van der Waals surface area contributed by atoms with E-state index in [-0.39, 0.29) is 11.3 Å². The summed E-state index contributed by atoms with van der Waals surface area (Å²) in [6.45, 7) is 0.376. The highest BCUT2D eigenvalue weighted by molar-refractivity contribution is 9.10. The van der Waals surface area contributed by atoms with Crippen LogP contribution >= 0.6 is 15.9 Å². The Balaban J connectivity index is 1.67. The number of ether oxygens (including phenoxy) is 1. The second kappa shape index (κ2) is 9.61. The van der Waals surface area contributed by atoms with Gasteiger partial charge in [0.15, 0.2) is 0 Å². The van der Waals surface area contributed by atoms with Crippen molar-refractivity contribution in [2.45, 2.75) is 6.61 Å². The van der Waals surface area contributed by atoms with Crippen LogP contribution in [0.4, 0.5) is 5.69 Å². The Morgan fingerprint density at radius 1 is 1.07 bits per heavy atom. The highest BCUT2D eigenvalue weighted by Crippen LogP contribution is 2.19. The van der Waals surface area contributed by atoms with Gasteiger partial charge in [0.25, 0.3) is 11.6 Å². The Morgan fingerprint density at radius 2 is 1.76 bits per heavy atom. The van der Waals surface area contributed by atoms with Crippen LogP contribution < -0.4 is 10.2 Å². The molecule has 0 heterocycles. The van der Waals surface area contributed by atoms with E-state index in [1.165, 1.54) is 24.4 Å². The molecule has 146 valence electrons. The van der Waals surface area contributed by atoms with Gasteiger partial charge >= 0.3 is 0 Å². The van der Waals surface area contributed by atoms with Crippen molar-refractivity contribution in [3.63, 3.8) is 0 Å². The van der Waals surface area contributed by atoms with Gasteiger partial charge in [-0.05, 0) is 35.9 Å². The van der Waals surface area contributed by atoms with Gasteiger partial charge in [0.05, 0.1) is 11.1 Å². The van der Waals surface area contributed by atoms with Crippen molar-refractivity contribution in [3.8, 4) is 5.75 Å². The maximum absolute atomic E-state index is 12.2. The molecule has 0 saturated heterocycles. The summed E-state index contributed by atoms with van der Waals surface area (Å²) in [5.74, 6) is -0.0686. The van der Waals surface area contributed by atoms with Crippen molar-refractivity contribution in [2.75, 3.05) is 0 Å². The quantitative estimate of drug-likeness (QED) is 0.318. The molecule has 0 aliphatic heterocycles. The van der Waals surface area contributed by atoms with Crippen LogP contribution in [0.15, 0.2) is 82.4 Å². The summed E-state index contributed by atoms with van der Waals surface area (Å²) < 4.78 is 6.84. The number of carbonyl (C=O) groups is 1. The summed E-state index contributed by atoms with van der Waals surface area (Å²) in [5, 5.41) is 15.0. The number of rotatable bonds is 7. The molecule has 8 heteroatoms. The molecule has 3 aromatic carbocycles. The molecule has 0 aromatic heterocycles. The van der Waals surface area contributed by atoms with Crippen LogP contribution in [0.3, 0.4) is 0 Å². The topological polar surface area (TPSA) is 93.8 Å². The lowest BCUT2D eigenvalue weighted by Crippen LogP contribution is -2.19. The van der Waals surface area contributed by atoms with Crippen molar-refractivity contribution < 1.29 is 14.5 Å². The van der Waals surface area contributed by atoms with Gasteiger partial charge in [0, 0.05) is 16.1 Å². The van der Waals surface area contributed by atoms with Gasteiger partial charge in [-0.15, -0.1) is 0 Å². The summed E-state index contributed by atoms with van der Waals surface area (Å²) in [7, 11) is 0. The Labute approximate surface area is 175 Å². The molecule has 0 atom stereocenters. The second-order valence-electron chi connectivity index (χ2n) is 5.93. The summed E-state index contributed by atoms with van der Waals surface area (Å²) >= 11 is 3.39. The molecule has 0 aliphatic carbocycles. The molecule has 0 bridgehead atoms. The van der Waals surface area contributed by atoms with Crippen LogP contribution in [0.5, 0.6) is 5.75 Å². The third-order valence-electron chi connectivity index (χ3n) is 3.94. The van der Waals surface area contributed by atoms with E-state index in [9.17, 15) is 14.9 Å². The van der Waals surface area contributed by atoms with Gasteiger partial charge in [-0.25, -0.2) is 5.43 Å². The monoisotopic (exact) mass is 453 g/mol. The molecular weight excluding hydrogens is 438 g/mol. The van der Waals surface area contributed by atoms with Crippen molar-refractivity contribution in [3.05, 3.63) is 104 Å². The van der Waals surface area contributed by atoms with Crippen molar-refractivity contribution in [1.82, 2.24) is 5.43 Å². The highest BCUT2D eigenvalue weighted by atomic mass is 79.9. The normalized spacial score (nSPS) is 10.7. The first-order chi connectivity index (χ1) is 14.0. The Kier molecular flexibility index (Phi) is 6.70. The van der Waals surface area contributed by atoms with Crippen LogP contribution in [0, 0.1) is 10.1 Å². The maximum Gasteiger partial charge on any atom is 0.282 e. The Bertz CT molecular complexity index is 1050. The molecule has 3 aromatic rings. The van der Waals surface area contributed by atoms with E-state index in [1.807, 2.05) is 36.4 Å². The van der Waals surface area contributed by atoms with Crippen LogP contribution in [0.1, 0.15) is 21.5 Å². The molecule has 1 amide bonds. The number of amides is 1. The second-order valence-corrected chi connectivity index (χ2v) is 6.84. The van der Waals surface area contributed by atoms with E-state index >= 15 is 0 Å². The fourth-order valence-electron chi connectivity index (χ4n) is 2.51. The molecule has 29 heavy (non-hydrogen) atoms. The Hall–Kier alpha value is -3.52. The molecule has 0 fully saturated rings. The summed E-state index contributed by atoms with van der Waals surface area (Å²) in [4.78, 5) is 22.7. The van der Waals surface area contributed by atoms with Crippen molar-refractivity contribution in [2.24, 2.45) is 5.10 Å². The number of nitrogens with zero attached hydrogens (tertiary/aromatic N) is 2. The van der Waals surface area contributed by atoms with Crippen LogP contribution in [0.25, 0.3) is 0 Å². The SMILES string of the molecule is O=C(N/N=C\c1ccccc1OCc1ccc(Br)cc1)c1ccccc1[N+](=O)[O-]. The predicted octanol–water partition coefficient (Wildman–Crippen LogP) is 4.70. The average molecular weight is 454 g/mol. The number of para-hydroxylation sites is 2. The minimum atomic E-state index is -0.665. The summed E-state index contributed by atoms with van der Waals surface area (Å²) in [6.07, 6.45) is 1.43. The van der Waals surface area contributed by atoms with Gasteiger partial charge in [-0.2, -0.15) is 5.10 Å². The number of halogens is 1. The van der Waals surface area contributed by atoms with Crippen LogP contribution in [-0.2, 0) is 6.61 Å². The minimum absolute atomic E-state index is 0.0607. The fourth-order valence-corrected chi connectivity index (χ4v) is 2.77. The zero-order chi connectivity index (χ0) is 20.6. The molecule has 0 unspecified atom stereocenters. The molecule has 0 radical (unpaired) electrons. The third-order valence-corrected chi connectivity index (χ3v) is 4.47. The number of hydrogen-bond donors (Lipinski definition) is 1. The molecule has 0 spiro atoms. The standard InChI is InChI=1S/C21H16BrN3O4/c22-17-11-9-15(10-12-17)14-29-20-8-4-1-5-16(20)13-23-24-21(26)18-6-2-3-7-19(18)25(27)28/h1-13H,14H2,(H,24,26)/b23-13-. The molecule has 1 N–H and O–H groups in total. The zero-order valence-electron chi connectivity index (χ0n) is 15.1. The number of hydrogen-bond acceptors (Lipinski definition) is 5. The summed E-state index contributed by atoms with van der Waals surface area (Å²) in [6, 6.07) is 20.7. The van der Waals surface area contributed by atoms with E-state index < -0.39 is 10.8 Å². The lowest BCUT2D eigenvalue weighted by Gasteiger charge is -2.09. The summed E-state index contributed by atoms with van der Waals surface area (Å²) in [5.41, 5.74) is 3.64. The van der Waals surface area contributed by atoms with E-state index in [2.05, 4.69) is 26.5 Å². The predicted molar refractivity (Wildman–Crippen MR) is 113 cm³/mol. The molecule has 0 saturated carbocycles. The first kappa shape index (κ1) is 20.2. The zero-order valence-corrected chi connectivity index (χ0v) is 16.7. The number of nitro benzene ring substituents is 1. The number of carbonyl (C=O) groups excluding carboxylic acids is 1. The van der Waals surface area contributed by atoms with E-state index in [0.29, 0.717) is 17.9 Å². The van der Waals surface area contributed by atoms with E-state index in [4.69, 9.17) is 4.74 Å². The van der Waals surface area contributed by atoms with Crippen molar-refractivity contribution in [1.29, 1.82) is 0 Å². The molecule has 0 aliphatic rings. The van der Waals surface area contributed by atoms with E-state index in [1.54, 1.807) is 18.2 Å². The number of nitrogens with one attached hydrogen (secondary N) is 1. The van der Waals surface area contributed by atoms with Crippen molar-refractivity contribution >= 4 is 33.7 Å². The third kappa shape index (κ3) is 5.49. The number of nitro groups is 1. The van der Waals surface area contributed by atoms with Gasteiger partial charge < -0.3 is 4.74 Å². The average Bonchev–Trinajstić information content (AvgIpc) is 2.74. The van der Waals surface area contributed by atoms with Gasteiger partial charge in [0.2, 0.25) is 0 Å². The Morgan fingerprint density at radius 3 is 2.52 bits per heavy atom. The molecule has 7 nitrogen and oxygen atoms in total. The molecular formula is C21H16BrN3O4. The maximum atomic E-state index is 12.2. The van der Waals surface area contributed by atoms with Gasteiger partial charge in [-0.3, -0.25) is 14.9 Å². The first-order valence-electron chi connectivity index (χ1n) is 8.57.